The fourth-order valence-electron chi connectivity index (χ4n) is 2.78. The minimum atomic E-state index is -4.81. The van der Waals surface area contributed by atoms with Crippen LogP contribution in [0.1, 0.15) is 25.3 Å². The Morgan fingerprint density at radius 3 is 2.61 bits per heavy atom. The highest BCUT2D eigenvalue weighted by molar-refractivity contribution is 7.22. The van der Waals surface area contributed by atoms with Gasteiger partial charge in [0.15, 0.2) is 5.13 Å². The largest absolute Gasteiger partial charge is 0.416 e. The standard InChI is InChI=1S/C16H15F3N4O4S/c1-2-27-21-10-3-5-22(6-4-10)15-20-14(24)11-7-9(16(17,18)19)8-12(23(25)26)13(11)28-15/h7-8H,2-6H2,1H3. The number of fused-ring (bicyclic) bond motifs is 1. The number of rotatable bonds is 4. The number of alkyl halides is 3. The van der Waals surface area contributed by atoms with Crippen molar-refractivity contribution in [3.8, 4) is 0 Å². The lowest BCUT2D eigenvalue weighted by molar-refractivity contribution is -0.383. The van der Waals surface area contributed by atoms with Crippen LogP contribution in [0.2, 0.25) is 0 Å². The number of nitro groups is 1. The number of piperidine rings is 1. The molecule has 150 valence electrons. The van der Waals surface area contributed by atoms with Crippen LogP contribution in [-0.2, 0) is 11.0 Å². The van der Waals surface area contributed by atoms with Gasteiger partial charge in [0, 0.05) is 32.0 Å². The monoisotopic (exact) mass is 416 g/mol. The lowest BCUT2D eigenvalue weighted by Crippen LogP contribution is -2.35. The summed E-state index contributed by atoms with van der Waals surface area (Å²) in [6, 6.07) is 1.06. The van der Waals surface area contributed by atoms with E-state index < -0.39 is 33.3 Å². The Balaban J connectivity index is 2.02. The minimum absolute atomic E-state index is 0.123. The molecule has 0 spiro atoms. The molecule has 0 unspecified atom stereocenters. The minimum Gasteiger partial charge on any atom is -0.396 e. The molecule has 0 saturated carbocycles. The number of benzene rings is 1. The van der Waals surface area contributed by atoms with Crippen LogP contribution in [-0.4, -0.2) is 35.3 Å². The highest BCUT2D eigenvalue weighted by atomic mass is 32.1. The van der Waals surface area contributed by atoms with Gasteiger partial charge in [0.2, 0.25) is 0 Å². The second-order valence-electron chi connectivity index (χ2n) is 5.99. The topological polar surface area (TPSA) is 97.9 Å². The fourth-order valence-corrected chi connectivity index (χ4v) is 3.90. The summed E-state index contributed by atoms with van der Waals surface area (Å²) >= 11 is 0.836. The molecule has 1 saturated heterocycles. The molecule has 0 radical (unpaired) electrons. The first-order valence-corrected chi connectivity index (χ1v) is 9.15. The maximum atomic E-state index is 13.0. The molecule has 1 aliphatic rings. The third-order valence-corrected chi connectivity index (χ3v) is 5.31. The zero-order chi connectivity index (χ0) is 20.5. The van der Waals surface area contributed by atoms with Gasteiger partial charge in [-0.3, -0.25) is 14.9 Å². The lowest BCUT2D eigenvalue weighted by atomic mass is 10.1. The number of nitro benzene ring substituents is 1. The molecule has 1 aliphatic heterocycles. The molecule has 0 amide bonds. The second kappa shape index (κ2) is 7.70. The highest BCUT2D eigenvalue weighted by Gasteiger charge is 2.34. The van der Waals surface area contributed by atoms with Crippen LogP contribution in [0.3, 0.4) is 0 Å². The Hall–Kier alpha value is -2.76. The number of non-ortho nitro benzene ring substituents is 1. The summed E-state index contributed by atoms with van der Waals surface area (Å²) in [7, 11) is 0. The predicted molar refractivity (Wildman–Crippen MR) is 98.1 cm³/mol. The Kier molecular flexibility index (Phi) is 5.49. The number of anilines is 1. The van der Waals surface area contributed by atoms with Crippen LogP contribution in [0.4, 0.5) is 24.0 Å². The molecule has 12 heteroatoms. The molecular weight excluding hydrogens is 401 g/mol. The average molecular weight is 416 g/mol. The fraction of sp³-hybridized carbons (Fsp3) is 0.438. The van der Waals surface area contributed by atoms with E-state index >= 15 is 0 Å². The Labute approximate surface area is 160 Å². The number of halogens is 3. The van der Waals surface area contributed by atoms with Crippen LogP contribution >= 0.6 is 11.3 Å². The van der Waals surface area contributed by atoms with Gasteiger partial charge in [-0.1, -0.05) is 16.5 Å². The molecule has 1 fully saturated rings. The molecule has 0 bridgehead atoms. The van der Waals surface area contributed by atoms with Crippen molar-refractivity contribution >= 4 is 38.0 Å². The maximum absolute atomic E-state index is 13.0. The van der Waals surface area contributed by atoms with Crippen LogP contribution < -0.4 is 10.5 Å². The SMILES string of the molecule is CCON=C1CCN(c2nc(=O)c3cc(C(F)(F)F)cc([N+](=O)[O-])c3s2)CC1. The molecule has 28 heavy (non-hydrogen) atoms. The van der Waals surface area contributed by atoms with Gasteiger partial charge >= 0.3 is 6.18 Å². The normalized spacial score (nSPS) is 15.0. The molecule has 8 nitrogen and oxygen atoms in total. The first kappa shape index (κ1) is 20.0. The molecule has 2 aromatic rings. The second-order valence-corrected chi connectivity index (χ2v) is 6.97. The summed E-state index contributed by atoms with van der Waals surface area (Å²) in [5, 5.41) is 15.1. The van der Waals surface area contributed by atoms with Crippen LogP contribution in [0, 0.1) is 10.1 Å². The lowest BCUT2D eigenvalue weighted by Gasteiger charge is -2.27. The molecule has 1 aromatic heterocycles. The Morgan fingerprint density at radius 1 is 1.36 bits per heavy atom. The van der Waals surface area contributed by atoms with E-state index in [4.69, 9.17) is 4.84 Å². The molecule has 1 aromatic carbocycles. The summed E-state index contributed by atoms with van der Waals surface area (Å²) in [4.78, 5) is 33.4. The average Bonchev–Trinajstić information content (AvgIpc) is 2.65. The van der Waals surface area contributed by atoms with Gasteiger partial charge in [-0.05, 0) is 13.0 Å². The summed E-state index contributed by atoms with van der Waals surface area (Å²) < 4.78 is 38.9. The Morgan fingerprint density at radius 2 is 2.04 bits per heavy atom. The van der Waals surface area contributed by atoms with E-state index in [1.54, 1.807) is 4.90 Å². The van der Waals surface area contributed by atoms with Crippen LogP contribution in [0.5, 0.6) is 0 Å². The van der Waals surface area contributed by atoms with E-state index in [1.807, 2.05) is 6.92 Å². The van der Waals surface area contributed by atoms with Crippen molar-refractivity contribution in [3.05, 3.63) is 38.2 Å². The van der Waals surface area contributed by atoms with Gasteiger partial charge in [-0.15, -0.1) is 0 Å². The first-order valence-electron chi connectivity index (χ1n) is 8.34. The summed E-state index contributed by atoms with van der Waals surface area (Å²) in [5.74, 6) is 0. The van der Waals surface area contributed by atoms with E-state index in [9.17, 15) is 28.1 Å². The number of aromatic nitrogens is 1. The summed E-state index contributed by atoms with van der Waals surface area (Å²) in [5.41, 5.74) is -2.08. The van der Waals surface area contributed by atoms with Crippen molar-refractivity contribution in [2.45, 2.75) is 25.9 Å². The van der Waals surface area contributed by atoms with Crippen molar-refractivity contribution in [1.82, 2.24) is 4.98 Å². The van der Waals surface area contributed by atoms with Crippen molar-refractivity contribution < 1.29 is 22.9 Å². The molecule has 3 rings (SSSR count). The van der Waals surface area contributed by atoms with Gasteiger partial charge < -0.3 is 9.74 Å². The predicted octanol–water partition coefficient (Wildman–Crippen LogP) is 3.58. The molecular formula is C16H15F3N4O4S. The van der Waals surface area contributed by atoms with Crippen molar-refractivity contribution in [1.29, 1.82) is 0 Å². The maximum Gasteiger partial charge on any atom is 0.416 e. The molecule has 2 heterocycles. The number of nitrogens with zero attached hydrogens (tertiary/aromatic N) is 4. The van der Waals surface area contributed by atoms with E-state index in [-0.39, 0.29) is 9.83 Å². The summed E-state index contributed by atoms with van der Waals surface area (Å²) in [6.07, 6.45) is -3.68. The highest BCUT2D eigenvalue weighted by Crippen LogP contribution is 2.38. The third-order valence-electron chi connectivity index (χ3n) is 4.15. The van der Waals surface area contributed by atoms with E-state index in [2.05, 4.69) is 10.1 Å². The molecule has 0 aliphatic carbocycles. The third kappa shape index (κ3) is 4.06. The van der Waals surface area contributed by atoms with Crippen molar-refractivity contribution in [2.24, 2.45) is 5.16 Å². The van der Waals surface area contributed by atoms with Gasteiger partial charge in [-0.25, -0.2) is 0 Å². The van der Waals surface area contributed by atoms with Crippen LogP contribution in [0.15, 0.2) is 22.1 Å². The van der Waals surface area contributed by atoms with Gasteiger partial charge in [-0.2, -0.15) is 18.2 Å². The van der Waals surface area contributed by atoms with E-state index in [1.165, 1.54) is 0 Å². The zero-order valence-corrected chi connectivity index (χ0v) is 15.5. The Bertz CT molecular complexity index is 996. The van der Waals surface area contributed by atoms with Gasteiger partial charge in [0.05, 0.1) is 21.6 Å². The van der Waals surface area contributed by atoms with E-state index in [0.717, 1.165) is 17.0 Å². The van der Waals surface area contributed by atoms with Gasteiger partial charge in [0.25, 0.3) is 11.2 Å². The van der Waals surface area contributed by atoms with Gasteiger partial charge in [0.1, 0.15) is 11.3 Å². The van der Waals surface area contributed by atoms with Crippen molar-refractivity contribution in [2.75, 3.05) is 24.6 Å². The number of hydrogen-bond donors (Lipinski definition) is 0. The summed E-state index contributed by atoms with van der Waals surface area (Å²) in [6.45, 7) is 3.20. The first-order chi connectivity index (χ1) is 13.2. The van der Waals surface area contributed by atoms with E-state index in [0.29, 0.717) is 44.7 Å². The number of hydrogen-bond acceptors (Lipinski definition) is 8. The van der Waals surface area contributed by atoms with Crippen LogP contribution in [0.25, 0.3) is 10.1 Å². The quantitative estimate of drug-likeness (QED) is 0.558. The molecule has 0 atom stereocenters. The van der Waals surface area contributed by atoms with Crippen molar-refractivity contribution in [3.63, 3.8) is 0 Å². The molecule has 0 N–H and O–H groups in total. The zero-order valence-electron chi connectivity index (χ0n) is 14.7. The smallest absolute Gasteiger partial charge is 0.396 e. The number of oxime groups is 1.